The van der Waals surface area contributed by atoms with Crippen LogP contribution in [-0.2, 0) is 6.54 Å². The fourth-order valence-corrected chi connectivity index (χ4v) is 4.73. The van der Waals surface area contributed by atoms with Crippen molar-refractivity contribution in [2.24, 2.45) is 0 Å². The Hall–Kier alpha value is -4.41. The summed E-state index contributed by atoms with van der Waals surface area (Å²) in [5, 5.41) is 7.40. The number of methoxy groups -OCH3 is 1. The zero-order chi connectivity index (χ0) is 27.6. The summed E-state index contributed by atoms with van der Waals surface area (Å²) < 4.78 is 48.1. The molecule has 0 spiro atoms. The zero-order valence-electron chi connectivity index (χ0n) is 21.5. The number of hydrogen-bond donors (Lipinski definition) is 1. The second kappa shape index (κ2) is 10.8. The summed E-state index contributed by atoms with van der Waals surface area (Å²) in [5.74, 6) is 0.227. The second-order valence-electron chi connectivity index (χ2n) is 9.22. The molecule has 5 rings (SSSR count). The van der Waals surface area contributed by atoms with E-state index in [2.05, 4.69) is 25.0 Å². The van der Waals surface area contributed by atoms with Gasteiger partial charge in [0.05, 0.1) is 23.9 Å². The third-order valence-corrected chi connectivity index (χ3v) is 6.71. The Morgan fingerprint density at radius 1 is 0.923 bits per heavy atom. The molecule has 8 nitrogen and oxygen atoms in total. The van der Waals surface area contributed by atoms with Crippen LogP contribution in [-0.4, -0.2) is 55.2 Å². The number of nitrogens with one attached hydrogen (secondary N) is 1. The van der Waals surface area contributed by atoms with Gasteiger partial charge in [-0.1, -0.05) is 12.1 Å². The number of benzene rings is 2. The van der Waals surface area contributed by atoms with Gasteiger partial charge in [0.15, 0.2) is 0 Å². The summed E-state index contributed by atoms with van der Waals surface area (Å²) in [5.41, 5.74) is 4.74. The fourth-order valence-electron chi connectivity index (χ4n) is 4.73. The molecule has 0 radical (unpaired) electrons. The van der Waals surface area contributed by atoms with E-state index >= 15 is 0 Å². The minimum Gasteiger partial charge on any atom is -0.497 e. The summed E-state index contributed by atoms with van der Waals surface area (Å²) >= 11 is 0. The van der Waals surface area contributed by atoms with Crippen LogP contribution in [0.15, 0.2) is 66.9 Å². The number of alkyl halides is 3. The Kier molecular flexibility index (Phi) is 7.23. The highest BCUT2D eigenvalue weighted by Gasteiger charge is 2.31. The average molecular weight is 540 g/mol. The number of amides is 1. The van der Waals surface area contributed by atoms with Gasteiger partial charge in [0.1, 0.15) is 11.5 Å². The normalized spacial score (nSPS) is 14.0. The third kappa shape index (κ3) is 6.02. The van der Waals surface area contributed by atoms with E-state index in [0.717, 1.165) is 43.1 Å². The molecule has 0 bridgehead atoms. The number of carbonyl (C=O) groups excluding carboxylic acids is 1. The van der Waals surface area contributed by atoms with Crippen molar-refractivity contribution in [3.05, 3.63) is 83.7 Å². The monoisotopic (exact) mass is 539 g/mol. The van der Waals surface area contributed by atoms with Crippen molar-refractivity contribution in [1.82, 2.24) is 14.9 Å². The number of aromatic nitrogens is 2. The smallest absolute Gasteiger partial charge is 0.497 e. The number of carbonyl (C=O) groups is 1. The van der Waals surface area contributed by atoms with Crippen molar-refractivity contribution in [3.8, 4) is 11.5 Å². The number of anilines is 2. The van der Waals surface area contributed by atoms with E-state index in [1.165, 1.54) is 12.1 Å². The molecule has 1 N–H and O–H groups in total. The molecule has 1 saturated heterocycles. The molecule has 1 fully saturated rings. The van der Waals surface area contributed by atoms with Crippen molar-refractivity contribution in [3.63, 3.8) is 0 Å². The van der Waals surface area contributed by atoms with Gasteiger partial charge in [0.2, 0.25) is 0 Å². The van der Waals surface area contributed by atoms with Crippen molar-refractivity contribution < 1.29 is 27.4 Å². The number of nitrogens with zero attached hydrogens (tertiary/aromatic N) is 4. The first-order chi connectivity index (χ1) is 18.7. The van der Waals surface area contributed by atoms with Crippen molar-refractivity contribution >= 4 is 22.8 Å². The molecule has 1 aliphatic rings. The predicted molar refractivity (Wildman–Crippen MR) is 142 cm³/mol. The highest BCUT2D eigenvalue weighted by Crippen LogP contribution is 2.27. The molecule has 204 valence electrons. The van der Waals surface area contributed by atoms with Crippen LogP contribution < -0.4 is 24.6 Å². The lowest BCUT2D eigenvalue weighted by Crippen LogP contribution is -2.46. The van der Waals surface area contributed by atoms with E-state index < -0.39 is 6.36 Å². The van der Waals surface area contributed by atoms with E-state index in [-0.39, 0.29) is 11.7 Å². The molecule has 3 heterocycles. The first-order valence-corrected chi connectivity index (χ1v) is 12.5. The summed E-state index contributed by atoms with van der Waals surface area (Å²) in [6, 6.07) is 17.6. The number of pyridine rings is 1. The van der Waals surface area contributed by atoms with Gasteiger partial charge in [-0.15, -0.1) is 13.2 Å². The summed E-state index contributed by atoms with van der Waals surface area (Å²) in [6.07, 6.45) is -2.93. The number of halogens is 3. The number of rotatable bonds is 7. The minimum absolute atomic E-state index is 0.200. The van der Waals surface area contributed by atoms with Gasteiger partial charge in [-0.25, -0.2) is 4.52 Å². The van der Waals surface area contributed by atoms with Crippen molar-refractivity contribution in [2.75, 3.05) is 43.1 Å². The van der Waals surface area contributed by atoms with Gasteiger partial charge in [-0.05, 0) is 55.0 Å². The largest absolute Gasteiger partial charge is 0.573 e. The van der Waals surface area contributed by atoms with E-state index in [9.17, 15) is 18.0 Å². The van der Waals surface area contributed by atoms with E-state index in [1.807, 2.05) is 24.3 Å². The van der Waals surface area contributed by atoms with Crippen LogP contribution in [0.4, 0.5) is 24.5 Å². The Labute approximate surface area is 223 Å². The van der Waals surface area contributed by atoms with Crippen LogP contribution in [0.1, 0.15) is 21.6 Å². The Balaban J connectivity index is 1.15. The lowest BCUT2D eigenvalue weighted by molar-refractivity contribution is -0.274. The van der Waals surface area contributed by atoms with Crippen LogP contribution in [0, 0.1) is 6.92 Å². The molecule has 0 atom stereocenters. The van der Waals surface area contributed by atoms with Gasteiger partial charge in [-0.2, -0.15) is 5.10 Å². The van der Waals surface area contributed by atoms with Crippen LogP contribution in [0.5, 0.6) is 11.5 Å². The van der Waals surface area contributed by atoms with E-state index in [1.54, 1.807) is 49.0 Å². The first kappa shape index (κ1) is 26.2. The number of ether oxygens (including phenoxy) is 2. The molecule has 39 heavy (non-hydrogen) atoms. The van der Waals surface area contributed by atoms with E-state index in [0.29, 0.717) is 29.1 Å². The standard InChI is InChI=1S/C28H28F3N5O3/c1-19-26(25-17-24(38-2)11-12-36(25)33-19)27(37)32-18-20-3-5-21(6-4-20)34-13-15-35(16-14-34)22-7-9-23(10-8-22)39-28(29,30)31/h3-12,17H,13-16,18H2,1-2H3,(H,32,37). The second-order valence-corrected chi connectivity index (χ2v) is 9.22. The number of aryl methyl sites for hydroxylation is 1. The molecule has 0 saturated carbocycles. The lowest BCUT2D eigenvalue weighted by Gasteiger charge is -2.37. The van der Waals surface area contributed by atoms with Gasteiger partial charge in [-0.3, -0.25) is 4.79 Å². The van der Waals surface area contributed by atoms with Crippen LogP contribution >= 0.6 is 0 Å². The Morgan fingerprint density at radius 2 is 1.51 bits per heavy atom. The maximum atomic E-state index is 13.0. The molecular weight excluding hydrogens is 511 g/mol. The summed E-state index contributed by atoms with van der Waals surface area (Å²) in [6.45, 7) is 5.20. The lowest BCUT2D eigenvalue weighted by atomic mass is 10.1. The maximum Gasteiger partial charge on any atom is 0.573 e. The third-order valence-electron chi connectivity index (χ3n) is 6.71. The number of piperazine rings is 1. The molecule has 2 aromatic carbocycles. The Morgan fingerprint density at radius 3 is 2.08 bits per heavy atom. The molecule has 1 aliphatic heterocycles. The van der Waals surface area contributed by atoms with Gasteiger partial charge >= 0.3 is 6.36 Å². The predicted octanol–water partition coefficient (Wildman–Crippen LogP) is 4.81. The maximum absolute atomic E-state index is 13.0. The molecule has 4 aromatic rings. The Bertz CT molecular complexity index is 1440. The molecular formula is C28H28F3N5O3. The average Bonchev–Trinajstić information content (AvgIpc) is 3.26. The van der Waals surface area contributed by atoms with Crippen molar-refractivity contribution in [1.29, 1.82) is 0 Å². The molecule has 0 unspecified atom stereocenters. The van der Waals surface area contributed by atoms with Crippen LogP contribution in [0.3, 0.4) is 0 Å². The molecule has 11 heteroatoms. The van der Waals surface area contributed by atoms with Crippen molar-refractivity contribution in [2.45, 2.75) is 19.8 Å². The topological polar surface area (TPSA) is 71.3 Å². The quantitative estimate of drug-likeness (QED) is 0.364. The van der Waals surface area contributed by atoms with Gasteiger partial charge < -0.3 is 24.6 Å². The molecule has 1 amide bonds. The highest BCUT2D eigenvalue weighted by molar-refractivity contribution is 6.02. The van der Waals surface area contributed by atoms with Crippen LogP contribution in [0.25, 0.3) is 5.52 Å². The fraction of sp³-hybridized carbons (Fsp3) is 0.286. The summed E-state index contributed by atoms with van der Waals surface area (Å²) in [4.78, 5) is 17.4. The first-order valence-electron chi connectivity index (χ1n) is 12.5. The van der Waals surface area contributed by atoms with Crippen LogP contribution in [0.2, 0.25) is 0 Å². The van der Waals surface area contributed by atoms with E-state index in [4.69, 9.17) is 4.74 Å². The molecule has 0 aliphatic carbocycles. The highest BCUT2D eigenvalue weighted by atomic mass is 19.4. The summed E-state index contributed by atoms with van der Waals surface area (Å²) in [7, 11) is 1.58. The van der Waals surface area contributed by atoms with Gasteiger partial charge in [0.25, 0.3) is 5.91 Å². The molecule has 2 aromatic heterocycles. The minimum atomic E-state index is -4.70. The SMILES string of the molecule is COc1ccn2nc(C)c(C(=O)NCc3ccc(N4CCN(c5ccc(OC(F)(F)F)cc5)CC4)cc3)c2c1. The zero-order valence-corrected chi connectivity index (χ0v) is 21.5. The van der Waals surface area contributed by atoms with Gasteiger partial charge in [0, 0.05) is 56.4 Å². The number of hydrogen-bond acceptors (Lipinski definition) is 6. The number of fused-ring (bicyclic) bond motifs is 1.